The lowest BCUT2D eigenvalue weighted by Gasteiger charge is -2.39. The molecule has 0 unspecified atom stereocenters. The highest BCUT2D eigenvalue weighted by Gasteiger charge is 2.44. The maximum absolute atomic E-state index is 11.9. The number of aryl methyl sites for hydroxylation is 2. The molecule has 1 N–H and O–H groups in total. The van der Waals surface area contributed by atoms with Crippen molar-refractivity contribution in [2.24, 2.45) is 0 Å². The van der Waals surface area contributed by atoms with Crippen molar-refractivity contribution in [1.82, 2.24) is 4.90 Å². The van der Waals surface area contributed by atoms with Crippen LogP contribution in [-0.4, -0.2) is 35.0 Å². The number of likely N-dealkylation sites (tertiary alicyclic amines) is 1. The Balaban J connectivity index is 2.37. The molecule has 1 aliphatic heterocycles. The molecule has 4 heteroatoms. The average molecular weight is 275 g/mol. The van der Waals surface area contributed by atoms with Gasteiger partial charge in [-0.2, -0.15) is 0 Å². The number of hydrogen-bond acceptors (Lipinski definition) is 2. The molecule has 1 fully saturated rings. The number of benzene rings is 1. The molecule has 0 bridgehead atoms. The Kier molecular flexibility index (Phi) is 3.84. The van der Waals surface area contributed by atoms with E-state index in [0.29, 0.717) is 25.9 Å². The van der Waals surface area contributed by atoms with Crippen LogP contribution in [0.5, 0.6) is 0 Å². The van der Waals surface area contributed by atoms with Gasteiger partial charge in [-0.25, -0.2) is 0 Å². The molecular formula is C16H21NO3. The number of carbonyl (C=O) groups excluding carboxylic acids is 1. The molecule has 0 saturated carbocycles. The molecule has 1 saturated heterocycles. The summed E-state index contributed by atoms with van der Waals surface area (Å²) in [6.07, 6.45) is 0.956. The van der Waals surface area contributed by atoms with Crippen molar-refractivity contribution in [3.05, 3.63) is 34.9 Å². The summed E-state index contributed by atoms with van der Waals surface area (Å²) in [5, 5.41) is 9.76. The fraction of sp³-hybridized carbons (Fsp3) is 0.500. The van der Waals surface area contributed by atoms with Crippen LogP contribution >= 0.6 is 0 Å². The molecule has 1 aliphatic rings. The second-order valence-electron chi connectivity index (χ2n) is 5.71. The highest BCUT2D eigenvalue weighted by atomic mass is 16.4. The SMILES string of the molecule is CC(=O)N1CCC(C(=O)O)(c2ccc(C)cc2C)CC1. The third-order valence-electron chi connectivity index (χ3n) is 4.37. The number of rotatable bonds is 2. The smallest absolute Gasteiger partial charge is 0.314 e. The van der Waals surface area contributed by atoms with E-state index in [1.807, 2.05) is 32.0 Å². The van der Waals surface area contributed by atoms with Crippen LogP contribution in [0, 0.1) is 13.8 Å². The summed E-state index contributed by atoms with van der Waals surface area (Å²) in [7, 11) is 0. The minimum absolute atomic E-state index is 0.0182. The van der Waals surface area contributed by atoms with Crippen molar-refractivity contribution in [2.45, 2.75) is 39.0 Å². The highest BCUT2D eigenvalue weighted by molar-refractivity contribution is 5.83. The molecule has 108 valence electrons. The van der Waals surface area contributed by atoms with Gasteiger partial charge in [0.1, 0.15) is 0 Å². The summed E-state index contributed by atoms with van der Waals surface area (Å²) in [6, 6.07) is 5.92. The molecule has 20 heavy (non-hydrogen) atoms. The zero-order valence-corrected chi connectivity index (χ0v) is 12.3. The van der Waals surface area contributed by atoms with Gasteiger partial charge in [-0.1, -0.05) is 23.8 Å². The molecule has 1 heterocycles. The molecule has 2 rings (SSSR count). The van der Waals surface area contributed by atoms with Crippen LogP contribution in [0.25, 0.3) is 0 Å². The first kappa shape index (κ1) is 14.6. The Bertz CT molecular complexity index is 543. The Morgan fingerprint density at radius 3 is 2.25 bits per heavy atom. The van der Waals surface area contributed by atoms with E-state index >= 15 is 0 Å². The Hall–Kier alpha value is -1.84. The van der Waals surface area contributed by atoms with Crippen LogP contribution in [0.4, 0.5) is 0 Å². The highest BCUT2D eigenvalue weighted by Crippen LogP contribution is 2.38. The third kappa shape index (κ3) is 2.42. The number of amides is 1. The van der Waals surface area contributed by atoms with Gasteiger partial charge in [0.05, 0.1) is 5.41 Å². The zero-order chi connectivity index (χ0) is 14.9. The standard InChI is InChI=1S/C16H21NO3/c1-11-4-5-14(12(2)10-11)16(15(19)20)6-8-17(9-7-16)13(3)18/h4-5,10H,6-9H2,1-3H3,(H,19,20). The average Bonchev–Trinajstić information content (AvgIpc) is 2.38. The van der Waals surface area contributed by atoms with Gasteiger partial charge in [0.15, 0.2) is 0 Å². The third-order valence-corrected chi connectivity index (χ3v) is 4.37. The molecule has 0 radical (unpaired) electrons. The summed E-state index contributed by atoms with van der Waals surface area (Å²) in [4.78, 5) is 25.0. The van der Waals surface area contributed by atoms with Crippen LogP contribution in [0.3, 0.4) is 0 Å². The summed E-state index contributed by atoms with van der Waals surface area (Å²) < 4.78 is 0. The predicted octanol–water partition coefficient (Wildman–Crippen LogP) is 2.27. The molecule has 4 nitrogen and oxygen atoms in total. The Morgan fingerprint density at radius 1 is 1.20 bits per heavy atom. The first-order chi connectivity index (χ1) is 9.36. The van der Waals surface area contributed by atoms with Crippen LogP contribution in [-0.2, 0) is 15.0 Å². The van der Waals surface area contributed by atoms with Crippen molar-refractivity contribution in [2.75, 3.05) is 13.1 Å². The van der Waals surface area contributed by atoms with Crippen LogP contribution < -0.4 is 0 Å². The predicted molar refractivity (Wildman–Crippen MR) is 76.7 cm³/mol. The summed E-state index contributed by atoms with van der Waals surface area (Å²) >= 11 is 0. The minimum atomic E-state index is -0.857. The van der Waals surface area contributed by atoms with Gasteiger partial charge in [0.2, 0.25) is 5.91 Å². The number of carboxylic acid groups (broad SMARTS) is 1. The lowest BCUT2D eigenvalue weighted by Crippen LogP contribution is -2.48. The monoisotopic (exact) mass is 275 g/mol. The number of piperidine rings is 1. The number of nitrogens with zero attached hydrogens (tertiary/aromatic N) is 1. The number of carbonyl (C=O) groups is 2. The fourth-order valence-corrected chi connectivity index (χ4v) is 3.15. The van der Waals surface area contributed by atoms with E-state index in [1.165, 1.54) is 6.92 Å². The van der Waals surface area contributed by atoms with Crippen LogP contribution in [0.1, 0.15) is 36.5 Å². The fourth-order valence-electron chi connectivity index (χ4n) is 3.15. The molecule has 0 spiro atoms. The molecule has 0 aliphatic carbocycles. The molecule has 0 atom stereocenters. The van der Waals surface area contributed by atoms with E-state index in [0.717, 1.165) is 16.7 Å². The zero-order valence-electron chi connectivity index (χ0n) is 12.3. The number of hydrogen-bond donors (Lipinski definition) is 1. The molecular weight excluding hydrogens is 254 g/mol. The van der Waals surface area contributed by atoms with Gasteiger partial charge in [-0.3, -0.25) is 9.59 Å². The molecule has 1 aromatic carbocycles. The Labute approximate surface area is 119 Å². The van der Waals surface area contributed by atoms with Crippen molar-refractivity contribution in [3.63, 3.8) is 0 Å². The lowest BCUT2D eigenvalue weighted by molar-refractivity contribution is -0.148. The van der Waals surface area contributed by atoms with Crippen molar-refractivity contribution >= 4 is 11.9 Å². The Morgan fingerprint density at radius 2 is 1.80 bits per heavy atom. The van der Waals surface area contributed by atoms with Gasteiger partial charge < -0.3 is 10.0 Å². The van der Waals surface area contributed by atoms with Crippen LogP contribution in [0.15, 0.2) is 18.2 Å². The second kappa shape index (κ2) is 5.27. The molecule has 1 aromatic rings. The van der Waals surface area contributed by atoms with E-state index in [9.17, 15) is 14.7 Å². The van der Waals surface area contributed by atoms with Gasteiger partial charge in [0, 0.05) is 20.0 Å². The van der Waals surface area contributed by atoms with E-state index in [2.05, 4.69) is 0 Å². The van der Waals surface area contributed by atoms with Crippen molar-refractivity contribution in [1.29, 1.82) is 0 Å². The number of carboxylic acids is 1. The summed E-state index contributed by atoms with van der Waals surface area (Å²) in [6.45, 7) is 6.52. The quantitative estimate of drug-likeness (QED) is 0.900. The van der Waals surface area contributed by atoms with Crippen molar-refractivity contribution < 1.29 is 14.7 Å². The van der Waals surface area contributed by atoms with E-state index in [4.69, 9.17) is 0 Å². The lowest BCUT2D eigenvalue weighted by atomic mass is 9.71. The van der Waals surface area contributed by atoms with E-state index < -0.39 is 11.4 Å². The maximum Gasteiger partial charge on any atom is 0.314 e. The number of aliphatic carboxylic acids is 1. The van der Waals surface area contributed by atoms with E-state index in [1.54, 1.807) is 4.90 Å². The summed E-state index contributed by atoms with van der Waals surface area (Å²) in [5.41, 5.74) is 2.18. The van der Waals surface area contributed by atoms with Gasteiger partial charge in [-0.05, 0) is 37.8 Å². The van der Waals surface area contributed by atoms with Gasteiger partial charge in [0.25, 0.3) is 0 Å². The first-order valence-electron chi connectivity index (χ1n) is 6.93. The van der Waals surface area contributed by atoms with Crippen molar-refractivity contribution in [3.8, 4) is 0 Å². The molecule has 0 aromatic heterocycles. The van der Waals surface area contributed by atoms with Gasteiger partial charge >= 0.3 is 5.97 Å². The normalized spacial score (nSPS) is 17.9. The second-order valence-corrected chi connectivity index (χ2v) is 5.71. The van der Waals surface area contributed by atoms with Gasteiger partial charge in [-0.15, -0.1) is 0 Å². The first-order valence-corrected chi connectivity index (χ1v) is 6.93. The largest absolute Gasteiger partial charge is 0.481 e. The maximum atomic E-state index is 11.9. The molecule has 1 amide bonds. The van der Waals surface area contributed by atoms with Crippen LogP contribution in [0.2, 0.25) is 0 Å². The summed E-state index contributed by atoms with van der Waals surface area (Å²) in [5.74, 6) is -0.766. The minimum Gasteiger partial charge on any atom is -0.481 e. The topological polar surface area (TPSA) is 57.6 Å². The van der Waals surface area contributed by atoms with E-state index in [-0.39, 0.29) is 5.91 Å².